The van der Waals surface area contributed by atoms with Gasteiger partial charge in [-0.1, -0.05) is 29.8 Å². The number of benzene rings is 2. The number of nitrogens with one attached hydrogen (secondary N) is 1. The molecule has 2 rings (SSSR count). The third-order valence-electron chi connectivity index (χ3n) is 2.96. The largest absolute Gasteiger partial charge is 0.322 e. The quantitative estimate of drug-likeness (QED) is 0.909. The van der Waals surface area contributed by atoms with Gasteiger partial charge in [0.05, 0.1) is 15.5 Å². The van der Waals surface area contributed by atoms with Crippen LogP contribution in [0.4, 0.5) is 5.69 Å². The molecule has 0 saturated heterocycles. The molecule has 110 valence electrons. The van der Waals surface area contributed by atoms with Gasteiger partial charge < -0.3 is 5.32 Å². The van der Waals surface area contributed by atoms with Gasteiger partial charge in [-0.15, -0.1) is 0 Å². The van der Waals surface area contributed by atoms with Crippen molar-refractivity contribution in [3.05, 3.63) is 58.6 Å². The van der Waals surface area contributed by atoms with E-state index in [1.54, 1.807) is 37.3 Å². The van der Waals surface area contributed by atoms with Crippen LogP contribution in [0.2, 0.25) is 5.02 Å². The number of hydrogen-bond acceptors (Lipinski definition) is 3. The zero-order valence-electron chi connectivity index (χ0n) is 11.1. The normalized spacial score (nSPS) is 11.2. The van der Waals surface area contributed by atoms with Gasteiger partial charge in [-0.2, -0.15) is 0 Å². The SMILES string of the molecule is Cc1c(NC(=O)c2ccccc2Cl)cccc1S(N)(=O)=O. The third kappa shape index (κ3) is 3.41. The number of amides is 1. The van der Waals surface area contributed by atoms with E-state index < -0.39 is 15.9 Å². The summed E-state index contributed by atoms with van der Waals surface area (Å²) in [6.07, 6.45) is 0. The molecule has 0 aliphatic carbocycles. The topological polar surface area (TPSA) is 89.3 Å². The summed E-state index contributed by atoms with van der Waals surface area (Å²) in [5, 5.41) is 8.08. The molecule has 0 bridgehead atoms. The average Bonchev–Trinajstić information content (AvgIpc) is 2.40. The smallest absolute Gasteiger partial charge is 0.257 e. The first-order valence-electron chi connectivity index (χ1n) is 5.99. The van der Waals surface area contributed by atoms with Crippen molar-refractivity contribution in [2.45, 2.75) is 11.8 Å². The van der Waals surface area contributed by atoms with E-state index >= 15 is 0 Å². The lowest BCUT2D eigenvalue weighted by molar-refractivity contribution is 0.102. The fraction of sp³-hybridized carbons (Fsp3) is 0.0714. The van der Waals surface area contributed by atoms with E-state index in [9.17, 15) is 13.2 Å². The molecule has 0 saturated carbocycles. The Labute approximate surface area is 127 Å². The van der Waals surface area contributed by atoms with Crippen LogP contribution in [0.3, 0.4) is 0 Å². The summed E-state index contributed by atoms with van der Waals surface area (Å²) in [6.45, 7) is 1.57. The predicted octanol–water partition coefficient (Wildman–Crippen LogP) is 2.55. The fourth-order valence-electron chi connectivity index (χ4n) is 1.89. The van der Waals surface area contributed by atoms with E-state index in [-0.39, 0.29) is 4.90 Å². The number of nitrogens with two attached hydrogens (primary N) is 1. The molecule has 0 aromatic heterocycles. The minimum absolute atomic E-state index is 0.0283. The second-order valence-corrected chi connectivity index (χ2v) is 6.34. The van der Waals surface area contributed by atoms with Crippen LogP contribution in [0.1, 0.15) is 15.9 Å². The van der Waals surface area contributed by atoms with Crippen molar-refractivity contribution in [1.29, 1.82) is 0 Å². The number of rotatable bonds is 3. The first kappa shape index (κ1) is 15.5. The van der Waals surface area contributed by atoms with Crippen LogP contribution in [-0.4, -0.2) is 14.3 Å². The lowest BCUT2D eigenvalue weighted by Gasteiger charge is -2.12. The standard InChI is InChI=1S/C14H13ClN2O3S/c1-9-12(7-4-8-13(9)21(16,19)20)17-14(18)10-5-2-3-6-11(10)15/h2-8H,1H3,(H,17,18)(H2,16,19,20). The van der Waals surface area contributed by atoms with Crippen LogP contribution >= 0.6 is 11.6 Å². The number of primary sulfonamides is 1. The third-order valence-corrected chi connectivity index (χ3v) is 4.34. The molecule has 5 nitrogen and oxygen atoms in total. The van der Waals surface area contributed by atoms with Gasteiger partial charge >= 0.3 is 0 Å². The minimum atomic E-state index is -3.84. The Morgan fingerprint density at radius 1 is 1.14 bits per heavy atom. The Morgan fingerprint density at radius 2 is 1.81 bits per heavy atom. The highest BCUT2D eigenvalue weighted by Crippen LogP contribution is 2.23. The van der Waals surface area contributed by atoms with Crippen molar-refractivity contribution in [1.82, 2.24) is 0 Å². The van der Waals surface area contributed by atoms with Crippen molar-refractivity contribution in [3.8, 4) is 0 Å². The van der Waals surface area contributed by atoms with E-state index in [4.69, 9.17) is 16.7 Å². The lowest BCUT2D eigenvalue weighted by atomic mass is 10.1. The molecule has 0 fully saturated rings. The van der Waals surface area contributed by atoms with Gasteiger partial charge in [0.25, 0.3) is 5.91 Å². The van der Waals surface area contributed by atoms with E-state index in [1.807, 2.05) is 0 Å². The van der Waals surface area contributed by atoms with E-state index in [2.05, 4.69) is 5.32 Å². The van der Waals surface area contributed by atoms with Gasteiger partial charge in [0, 0.05) is 5.69 Å². The van der Waals surface area contributed by atoms with E-state index in [1.165, 1.54) is 12.1 Å². The maximum Gasteiger partial charge on any atom is 0.257 e. The predicted molar refractivity (Wildman–Crippen MR) is 82.0 cm³/mol. The second kappa shape index (κ2) is 5.85. The van der Waals surface area contributed by atoms with Gasteiger partial charge in [0.15, 0.2) is 0 Å². The lowest BCUT2D eigenvalue weighted by Crippen LogP contribution is -2.17. The number of hydrogen-bond donors (Lipinski definition) is 2. The summed E-state index contributed by atoms with van der Waals surface area (Å²) in [5.74, 6) is -0.421. The molecular weight excluding hydrogens is 312 g/mol. The summed E-state index contributed by atoms with van der Waals surface area (Å²) >= 11 is 5.95. The summed E-state index contributed by atoms with van der Waals surface area (Å²) in [5.41, 5.74) is 1.05. The average molecular weight is 325 g/mol. The first-order chi connectivity index (χ1) is 9.80. The molecule has 1 amide bonds. The molecule has 0 heterocycles. The van der Waals surface area contributed by atoms with Crippen LogP contribution in [-0.2, 0) is 10.0 Å². The van der Waals surface area contributed by atoms with Crippen molar-refractivity contribution < 1.29 is 13.2 Å². The molecule has 7 heteroatoms. The molecule has 2 aromatic carbocycles. The first-order valence-corrected chi connectivity index (χ1v) is 7.91. The fourth-order valence-corrected chi connectivity index (χ4v) is 2.92. The molecule has 3 N–H and O–H groups in total. The van der Waals surface area contributed by atoms with E-state index in [0.717, 1.165) is 0 Å². The molecule has 2 aromatic rings. The Kier molecular flexibility index (Phi) is 4.32. The molecule has 21 heavy (non-hydrogen) atoms. The van der Waals surface area contributed by atoms with Crippen molar-refractivity contribution in [2.24, 2.45) is 5.14 Å². The monoisotopic (exact) mass is 324 g/mol. The molecule has 0 atom stereocenters. The number of carbonyl (C=O) groups is 1. The maximum atomic E-state index is 12.2. The highest BCUT2D eigenvalue weighted by Gasteiger charge is 2.16. The number of anilines is 1. The second-order valence-electron chi connectivity index (χ2n) is 4.41. The van der Waals surface area contributed by atoms with Gasteiger partial charge in [-0.3, -0.25) is 4.79 Å². The van der Waals surface area contributed by atoms with Gasteiger partial charge in [0.2, 0.25) is 10.0 Å². The molecular formula is C14H13ClN2O3S. The van der Waals surface area contributed by atoms with Crippen molar-refractivity contribution in [2.75, 3.05) is 5.32 Å². The van der Waals surface area contributed by atoms with Crippen LogP contribution in [0.15, 0.2) is 47.4 Å². The number of carbonyl (C=O) groups excluding carboxylic acids is 1. The van der Waals surface area contributed by atoms with Crippen LogP contribution in [0.5, 0.6) is 0 Å². The zero-order valence-corrected chi connectivity index (χ0v) is 12.7. The Balaban J connectivity index is 2.37. The summed E-state index contributed by atoms with van der Waals surface area (Å²) in [7, 11) is -3.84. The van der Waals surface area contributed by atoms with Gasteiger partial charge in [0.1, 0.15) is 0 Å². The van der Waals surface area contributed by atoms with Crippen LogP contribution in [0, 0.1) is 6.92 Å². The Bertz CT molecular complexity index is 804. The van der Waals surface area contributed by atoms with Crippen molar-refractivity contribution in [3.63, 3.8) is 0 Å². The number of halogens is 1. The maximum absolute atomic E-state index is 12.2. The summed E-state index contributed by atoms with van der Waals surface area (Å²) < 4.78 is 22.9. The van der Waals surface area contributed by atoms with Gasteiger partial charge in [-0.05, 0) is 36.8 Å². The number of sulfonamides is 1. The Morgan fingerprint density at radius 3 is 2.43 bits per heavy atom. The van der Waals surface area contributed by atoms with Crippen molar-refractivity contribution >= 4 is 33.2 Å². The molecule has 0 aliphatic rings. The van der Waals surface area contributed by atoms with Gasteiger partial charge in [-0.25, -0.2) is 13.6 Å². The minimum Gasteiger partial charge on any atom is -0.322 e. The zero-order chi connectivity index (χ0) is 15.6. The molecule has 0 unspecified atom stereocenters. The Hall–Kier alpha value is -1.89. The van der Waals surface area contributed by atoms with Crippen LogP contribution < -0.4 is 10.5 Å². The van der Waals surface area contributed by atoms with Crippen LogP contribution in [0.25, 0.3) is 0 Å². The van der Waals surface area contributed by atoms with E-state index in [0.29, 0.717) is 21.8 Å². The molecule has 0 radical (unpaired) electrons. The highest BCUT2D eigenvalue weighted by atomic mass is 35.5. The highest BCUT2D eigenvalue weighted by molar-refractivity contribution is 7.89. The summed E-state index contributed by atoms with van der Waals surface area (Å²) in [4.78, 5) is 12.1. The molecule has 0 aliphatic heterocycles. The molecule has 0 spiro atoms. The summed E-state index contributed by atoms with van der Waals surface area (Å²) in [6, 6.07) is 11.1.